The van der Waals surface area contributed by atoms with Crippen LogP contribution in [0, 0.1) is 5.92 Å². The fraction of sp³-hybridized carbons (Fsp3) is 0.750. The van der Waals surface area contributed by atoms with Gasteiger partial charge in [-0.1, -0.05) is 44.9 Å². The molecule has 0 spiro atoms. The highest BCUT2D eigenvalue weighted by Crippen LogP contribution is 2.18. The van der Waals surface area contributed by atoms with Gasteiger partial charge in [-0.15, -0.1) is 10.2 Å². The number of anilines is 1. The van der Waals surface area contributed by atoms with E-state index in [0.29, 0.717) is 5.13 Å². The van der Waals surface area contributed by atoms with Crippen LogP contribution in [0.25, 0.3) is 0 Å². The Hall–Kier alpha value is -0.970. The van der Waals surface area contributed by atoms with Gasteiger partial charge in [0.15, 0.2) is 0 Å². The summed E-state index contributed by atoms with van der Waals surface area (Å²) in [4.78, 5) is 11.8. The highest BCUT2D eigenvalue weighted by Gasteiger charge is 2.14. The van der Waals surface area contributed by atoms with Gasteiger partial charge in [-0.2, -0.15) is 0 Å². The van der Waals surface area contributed by atoms with Gasteiger partial charge in [-0.05, 0) is 12.8 Å². The molecule has 1 aromatic heterocycles. The number of carbonyl (C=O) groups is 1. The first-order valence-corrected chi connectivity index (χ1v) is 7.12. The highest BCUT2D eigenvalue weighted by atomic mass is 32.1. The molecule has 4 nitrogen and oxygen atoms in total. The first kappa shape index (κ1) is 14.1. The number of aromatic nitrogens is 2. The molecular weight excluding hydrogens is 234 g/mol. The molecule has 0 saturated heterocycles. The third-order valence-electron chi connectivity index (χ3n) is 2.61. The molecule has 1 unspecified atom stereocenters. The second kappa shape index (κ2) is 7.37. The van der Waals surface area contributed by atoms with Gasteiger partial charge in [-0.25, -0.2) is 0 Å². The van der Waals surface area contributed by atoms with Crippen molar-refractivity contribution < 1.29 is 4.79 Å². The van der Waals surface area contributed by atoms with E-state index in [-0.39, 0.29) is 11.8 Å². The summed E-state index contributed by atoms with van der Waals surface area (Å²) in [7, 11) is 0. The van der Waals surface area contributed by atoms with Crippen LogP contribution in [0.4, 0.5) is 5.13 Å². The molecule has 1 aromatic rings. The Bertz CT molecular complexity index is 351. The van der Waals surface area contributed by atoms with Gasteiger partial charge in [0.25, 0.3) is 0 Å². The molecule has 1 atom stereocenters. The smallest absolute Gasteiger partial charge is 0.229 e. The average molecular weight is 255 g/mol. The van der Waals surface area contributed by atoms with E-state index in [1.165, 1.54) is 11.3 Å². The van der Waals surface area contributed by atoms with Crippen molar-refractivity contribution in [1.29, 1.82) is 0 Å². The van der Waals surface area contributed by atoms with Crippen molar-refractivity contribution in [2.75, 3.05) is 5.32 Å². The van der Waals surface area contributed by atoms with Crippen LogP contribution < -0.4 is 5.32 Å². The molecule has 0 fully saturated rings. The maximum atomic E-state index is 11.8. The Morgan fingerprint density at radius 2 is 2.12 bits per heavy atom. The number of amides is 1. The third kappa shape index (κ3) is 4.81. The second-order valence-electron chi connectivity index (χ2n) is 4.28. The Kier molecular flexibility index (Phi) is 6.11. The maximum Gasteiger partial charge on any atom is 0.229 e. The van der Waals surface area contributed by atoms with Gasteiger partial charge >= 0.3 is 0 Å². The quantitative estimate of drug-likeness (QED) is 0.813. The number of hydrogen-bond acceptors (Lipinski definition) is 4. The van der Waals surface area contributed by atoms with Gasteiger partial charge < -0.3 is 5.32 Å². The molecule has 5 heteroatoms. The van der Waals surface area contributed by atoms with Crippen molar-refractivity contribution in [3.05, 3.63) is 5.01 Å². The first-order chi connectivity index (χ1) is 8.17. The SMILES string of the molecule is CCCCc1nnc(NC(=O)C(C)CCC)s1. The molecule has 1 heterocycles. The zero-order valence-electron chi connectivity index (χ0n) is 10.8. The third-order valence-corrected chi connectivity index (χ3v) is 3.51. The Morgan fingerprint density at radius 1 is 1.35 bits per heavy atom. The molecule has 0 aliphatic rings. The molecule has 0 aliphatic carbocycles. The van der Waals surface area contributed by atoms with Crippen LogP contribution in [0.5, 0.6) is 0 Å². The number of unbranched alkanes of at least 4 members (excludes halogenated alkanes) is 1. The van der Waals surface area contributed by atoms with Crippen LogP contribution in [-0.2, 0) is 11.2 Å². The van der Waals surface area contributed by atoms with Crippen LogP contribution in [0.15, 0.2) is 0 Å². The van der Waals surface area contributed by atoms with Gasteiger partial charge in [0.05, 0.1) is 0 Å². The van der Waals surface area contributed by atoms with Crippen LogP contribution in [-0.4, -0.2) is 16.1 Å². The lowest BCUT2D eigenvalue weighted by molar-refractivity contribution is -0.119. The van der Waals surface area contributed by atoms with E-state index in [9.17, 15) is 4.79 Å². The first-order valence-electron chi connectivity index (χ1n) is 6.30. The summed E-state index contributed by atoms with van der Waals surface area (Å²) in [6.45, 7) is 6.17. The largest absolute Gasteiger partial charge is 0.300 e. The average Bonchev–Trinajstić information content (AvgIpc) is 2.74. The zero-order chi connectivity index (χ0) is 12.7. The Labute approximate surface area is 107 Å². The predicted molar refractivity (Wildman–Crippen MR) is 71.2 cm³/mol. The number of hydrogen-bond donors (Lipinski definition) is 1. The van der Waals surface area contributed by atoms with Gasteiger partial charge in [0, 0.05) is 12.3 Å². The van der Waals surface area contributed by atoms with E-state index >= 15 is 0 Å². The minimum Gasteiger partial charge on any atom is -0.300 e. The summed E-state index contributed by atoms with van der Waals surface area (Å²) in [6.07, 6.45) is 5.15. The van der Waals surface area contributed by atoms with E-state index in [1.807, 2.05) is 6.92 Å². The van der Waals surface area contributed by atoms with E-state index in [0.717, 1.165) is 37.1 Å². The summed E-state index contributed by atoms with van der Waals surface area (Å²) >= 11 is 1.48. The van der Waals surface area contributed by atoms with Crippen LogP contribution in [0.2, 0.25) is 0 Å². The fourth-order valence-corrected chi connectivity index (χ4v) is 2.31. The van der Waals surface area contributed by atoms with E-state index < -0.39 is 0 Å². The molecule has 0 bridgehead atoms. The lowest BCUT2D eigenvalue weighted by Crippen LogP contribution is -2.20. The minimum absolute atomic E-state index is 0.0444. The summed E-state index contributed by atoms with van der Waals surface area (Å²) in [5.41, 5.74) is 0. The molecule has 17 heavy (non-hydrogen) atoms. The number of rotatable bonds is 7. The predicted octanol–water partition coefficient (Wildman–Crippen LogP) is 3.26. The van der Waals surface area contributed by atoms with Crippen molar-refractivity contribution in [3.8, 4) is 0 Å². The van der Waals surface area contributed by atoms with Crippen LogP contribution in [0.3, 0.4) is 0 Å². The number of aryl methyl sites for hydroxylation is 1. The topological polar surface area (TPSA) is 54.9 Å². The van der Waals surface area contributed by atoms with E-state index in [1.54, 1.807) is 0 Å². The van der Waals surface area contributed by atoms with Crippen LogP contribution in [0.1, 0.15) is 51.5 Å². The molecule has 1 amide bonds. The van der Waals surface area contributed by atoms with Crippen molar-refractivity contribution in [1.82, 2.24) is 10.2 Å². The molecule has 0 saturated carbocycles. The second-order valence-corrected chi connectivity index (χ2v) is 5.35. The van der Waals surface area contributed by atoms with E-state index in [2.05, 4.69) is 29.4 Å². The van der Waals surface area contributed by atoms with Crippen molar-refractivity contribution >= 4 is 22.4 Å². The van der Waals surface area contributed by atoms with Gasteiger partial charge in [-0.3, -0.25) is 4.79 Å². The van der Waals surface area contributed by atoms with Crippen molar-refractivity contribution in [3.63, 3.8) is 0 Å². The monoisotopic (exact) mass is 255 g/mol. The maximum absolute atomic E-state index is 11.8. The summed E-state index contributed by atoms with van der Waals surface area (Å²) in [6, 6.07) is 0. The molecule has 0 aliphatic heterocycles. The normalized spacial score (nSPS) is 12.4. The van der Waals surface area contributed by atoms with Gasteiger partial charge in [0.2, 0.25) is 11.0 Å². The molecule has 96 valence electrons. The van der Waals surface area contributed by atoms with Crippen molar-refractivity contribution in [2.24, 2.45) is 5.92 Å². The molecule has 1 N–H and O–H groups in total. The molecular formula is C12H21N3OS. The fourth-order valence-electron chi connectivity index (χ4n) is 1.53. The lowest BCUT2D eigenvalue weighted by Gasteiger charge is -2.07. The zero-order valence-corrected chi connectivity index (χ0v) is 11.6. The van der Waals surface area contributed by atoms with Gasteiger partial charge in [0.1, 0.15) is 5.01 Å². The summed E-state index contributed by atoms with van der Waals surface area (Å²) < 4.78 is 0. The van der Waals surface area contributed by atoms with Crippen molar-refractivity contribution in [2.45, 2.75) is 52.9 Å². The standard InChI is InChI=1S/C12H21N3OS/c1-4-6-8-10-14-15-12(17-10)13-11(16)9(3)7-5-2/h9H,4-8H2,1-3H3,(H,13,15,16). The minimum atomic E-state index is 0.0444. The number of nitrogens with one attached hydrogen (secondary N) is 1. The Balaban J connectivity index is 2.45. The van der Waals surface area contributed by atoms with E-state index in [4.69, 9.17) is 0 Å². The summed E-state index contributed by atoms with van der Waals surface area (Å²) in [5, 5.41) is 12.5. The Morgan fingerprint density at radius 3 is 2.76 bits per heavy atom. The molecule has 0 aromatic carbocycles. The summed E-state index contributed by atoms with van der Waals surface area (Å²) in [5.74, 6) is 0.0908. The molecule has 1 rings (SSSR count). The molecule has 0 radical (unpaired) electrons. The highest BCUT2D eigenvalue weighted by molar-refractivity contribution is 7.15. The van der Waals surface area contributed by atoms with Crippen LogP contribution >= 0.6 is 11.3 Å². The number of nitrogens with zero attached hydrogens (tertiary/aromatic N) is 2. The number of carbonyl (C=O) groups excluding carboxylic acids is 1. The lowest BCUT2D eigenvalue weighted by atomic mass is 10.1.